The molecule has 1 aliphatic rings. The molecule has 23 heavy (non-hydrogen) atoms. The van der Waals surface area contributed by atoms with Crippen molar-refractivity contribution in [1.82, 2.24) is 14.9 Å². The molecule has 2 aromatic rings. The number of rotatable bonds is 2. The van der Waals surface area contributed by atoms with Crippen LogP contribution in [0.3, 0.4) is 0 Å². The second-order valence-corrected chi connectivity index (χ2v) is 6.26. The summed E-state index contributed by atoms with van der Waals surface area (Å²) in [6, 6.07) is 9.27. The first-order valence-electron chi connectivity index (χ1n) is 7.17. The second kappa shape index (κ2) is 7.14. The minimum absolute atomic E-state index is 0.0998. The molecule has 1 saturated heterocycles. The molecule has 1 fully saturated rings. The Bertz CT molecular complexity index is 706. The van der Waals surface area contributed by atoms with Crippen molar-refractivity contribution in [1.29, 1.82) is 0 Å². The van der Waals surface area contributed by atoms with E-state index in [0.29, 0.717) is 26.2 Å². The molecule has 0 unspecified atom stereocenters. The molecule has 1 aromatic carbocycles. The van der Waals surface area contributed by atoms with Crippen molar-refractivity contribution in [2.75, 3.05) is 36.4 Å². The standard InChI is InChI=1S/C15H15BrClN5O/c16-11-3-1-2-4-12(11)19-15(23)22-9-7-21(8-10-22)13-5-6-18-14(17)20-13/h1-6H,7-10H2,(H,19,23). The fourth-order valence-corrected chi connectivity index (χ4v) is 2.92. The largest absolute Gasteiger partial charge is 0.353 e. The molecular weight excluding hydrogens is 382 g/mol. The number of halogens is 2. The molecule has 0 saturated carbocycles. The number of anilines is 2. The smallest absolute Gasteiger partial charge is 0.321 e. The predicted octanol–water partition coefficient (Wildman–Crippen LogP) is 3.25. The third-order valence-corrected chi connectivity index (χ3v) is 4.49. The monoisotopic (exact) mass is 395 g/mol. The zero-order chi connectivity index (χ0) is 16.2. The second-order valence-electron chi connectivity index (χ2n) is 5.07. The Balaban J connectivity index is 1.58. The summed E-state index contributed by atoms with van der Waals surface area (Å²) in [7, 11) is 0. The van der Waals surface area contributed by atoms with E-state index < -0.39 is 0 Å². The molecule has 1 aliphatic heterocycles. The van der Waals surface area contributed by atoms with Gasteiger partial charge in [0.2, 0.25) is 5.28 Å². The SMILES string of the molecule is O=C(Nc1ccccc1Br)N1CCN(c2ccnc(Cl)n2)CC1. The molecule has 2 heterocycles. The van der Waals surface area contributed by atoms with Crippen LogP contribution in [0.5, 0.6) is 0 Å². The van der Waals surface area contributed by atoms with Crippen LogP contribution in [0.15, 0.2) is 41.0 Å². The number of carbonyl (C=O) groups is 1. The van der Waals surface area contributed by atoms with Gasteiger partial charge in [0, 0.05) is 36.8 Å². The van der Waals surface area contributed by atoms with Crippen LogP contribution in [-0.4, -0.2) is 47.1 Å². The number of amides is 2. The maximum Gasteiger partial charge on any atom is 0.321 e. The van der Waals surface area contributed by atoms with E-state index in [4.69, 9.17) is 11.6 Å². The van der Waals surface area contributed by atoms with Crippen LogP contribution >= 0.6 is 27.5 Å². The van der Waals surface area contributed by atoms with E-state index in [1.807, 2.05) is 30.3 Å². The van der Waals surface area contributed by atoms with Crippen LogP contribution in [0, 0.1) is 0 Å². The van der Waals surface area contributed by atoms with Gasteiger partial charge >= 0.3 is 6.03 Å². The molecule has 2 amide bonds. The summed E-state index contributed by atoms with van der Waals surface area (Å²) in [6.07, 6.45) is 1.64. The summed E-state index contributed by atoms with van der Waals surface area (Å²) in [4.78, 5) is 24.3. The highest BCUT2D eigenvalue weighted by Crippen LogP contribution is 2.22. The first kappa shape index (κ1) is 16.0. The quantitative estimate of drug-likeness (QED) is 0.792. The molecular formula is C15H15BrClN5O. The average molecular weight is 397 g/mol. The normalized spacial score (nSPS) is 14.7. The van der Waals surface area contributed by atoms with Crippen molar-refractivity contribution in [3.63, 3.8) is 0 Å². The highest BCUT2D eigenvalue weighted by Gasteiger charge is 2.22. The number of nitrogens with one attached hydrogen (secondary N) is 1. The van der Waals surface area contributed by atoms with Crippen LogP contribution < -0.4 is 10.2 Å². The van der Waals surface area contributed by atoms with Crippen LogP contribution in [0.25, 0.3) is 0 Å². The van der Waals surface area contributed by atoms with Crippen molar-refractivity contribution < 1.29 is 4.79 Å². The number of hydrogen-bond acceptors (Lipinski definition) is 4. The van der Waals surface area contributed by atoms with E-state index in [1.165, 1.54) is 0 Å². The summed E-state index contributed by atoms with van der Waals surface area (Å²) in [5.74, 6) is 0.788. The third-order valence-electron chi connectivity index (χ3n) is 3.62. The zero-order valence-corrected chi connectivity index (χ0v) is 14.6. The fraction of sp³-hybridized carbons (Fsp3) is 0.267. The number of para-hydroxylation sites is 1. The van der Waals surface area contributed by atoms with Gasteiger partial charge < -0.3 is 15.1 Å². The van der Waals surface area contributed by atoms with Gasteiger partial charge in [0.15, 0.2) is 0 Å². The Morgan fingerprint density at radius 1 is 1.17 bits per heavy atom. The van der Waals surface area contributed by atoms with Crippen molar-refractivity contribution in [2.45, 2.75) is 0 Å². The Labute approximate surface area is 147 Å². The predicted molar refractivity (Wildman–Crippen MR) is 94.0 cm³/mol. The lowest BCUT2D eigenvalue weighted by molar-refractivity contribution is 0.208. The maximum atomic E-state index is 12.3. The molecule has 1 aromatic heterocycles. The van der Waals surface area contributed by atoms with Crippen LogP contribution in [-0.2, 0) is 0 Å². The summed E-state index contributed by atoms with van der Waals surface area (Å²) in [5, 5.41) is 3.15. The number of benzene rings is 1. The molecule has 0 aliphatic carbocycles. The summed E-state index contributed by atoms with van der Waals surface area (Å²) in [6.45, 7) is 2.66. The Morgan fingerprint density at radius 2 is 1.91 bits per heavy atom. The lowest BCUT2D eigenvalue weighted by Crippen LogP contribution is -2.50. The van der Waals surface area contributed by atoms with Crippen LogP contribution in [0.2, 0.25) is 5.28 Å². The molecule has 120 valence electrons. The number of hydrogen-bond donors (Lipinski definition) is 1. The van der Waals surface area contributed by atoms with Gasteiger partial charge in [-0.3, -0.25) is 0 Å². The fourth-order valence-electron chi connectivity index (χ4n) is 2.40. The van der Waals surface area contributed by atoms with Gasteiger partial charge in [0.05, 0.1) is 5.69 Å². The molecule has 1 N–H and O–H groups in total. The molecule has 6 nitrogen and oxygen atoms in total. The van der Waals surface area contributed by atoms with E-state index in [0.717, 1.165) is 16.0 Å². The van der Waals surface area contributed by atoms with E-state index in [9.17, 15) is 4.79 Å². The summed E-state index contributed by atoms with van der Waals surface area (Å²) in [5.41, 5.74) is 0.766. The highest BCUT2D eigenvalue weighted by molar-refractivity contribution is 9.10. The topological polar surface area (TPSA) is 61.4 Å². The van der Waals surface area contributed by atoms with Crippen molar-refractivity contribution in [2.24, 2.45) is 0 Å². The van der Waals surface area contributed by atoms with Crippen molar-refractivity contribution >= 4 is 45.1 Å². The Kier molecular flexibility index (Phi) is 4.97. The van der Waals surface area contributed by atoms with Crippen molar-refractivity contribution in [3.05, 3.63) is 46.3 Å². The van der Waals surface area contributed by atoms with E-state index >= 15 is 0 Å². The number of piperazine rings is 1. The molecule has 0 spiro atoms. The van der Waals surface area contributed by atoms with Gasteiger partial charge in [0.25, 0.3) is 0 Å². The van der Waals surface area contributed by atoms with Gasteiger partial charge in [0.1, 0.15) is 5.82 Å². The first-order valence-corrected chi connectivity index (χ1v) is 8.34. The number of aromatic nitrogens is 2. The number of urea groups is 1. The van der Waals surface area contributed by atoms with Crippen LogP contribution in [0.4, 0.5) is 16.3 Å². The Hall–Kier alpha value is -1.86. The average Bonchev–Trinajstić information content (AvgIpc) is 2.57. The maximum absolute atomic E-state index is 12.3. The van der Waals surface area contributed by atoms with Gasteiger partial charge in [-0.25, -0.2) is 14.8 Å². The van der Waals surface area contributed by atoms with Crippen LogP contribution in [0.1, 0.15) is 0 Å². The molecule has 0 radical (unpaired) electrons. The number of carbonyl (C=O) groups excluding carboxylic acids is 1. The lowest BCUT2D eigenvalue weighted by Gasteiger charge is -2.35. The van der Waals surface area contributed by atoms with Gasteiger partial charge in [-0.15, -0.1) is 0 Å². The molecule has 0 atom stereocenters. The zero-order valence-electron chi connectivity index (χ0n) is 12.2. The van der Waals surface area contributed by atoms with Gasteiger partial charge in [-0.05, 0) is 45.7 Å². The summed E-state index contributed by atoms with van der Waals surface area (Å²) < 4.78 is 0.864. The molecule has 0 bridgehead atoms. The first-order chi connectivity index (χ1) is 11.1. The lowest BCUT2D eigenvalue weighted by atomic mass is 10.3. The van der Waals surface area contributed by atoms with E-state index in [2.05, 4.69) is 36.1 Å². The highest BCUT2D eigenvalue weighted by atomic mass is 79.9. The third kappa shape index (κ3) is 3.92. The minimum atomic E-state index is -0.0998. The van der Waals surface area contributed by atoms with E-state index in [1.54, 1.807) is 11.1 Å². The van der Waals surface area contributed by atoms with E-state index in [-0.39, 0.29) is 11.3 Å². The Morgan fingerprint density at radius 3 is 2.61 bits per heavy atom. The van der Waals surface area contributed by atoms with Gasteiger partial charge in [-0.1, -0.05) is 12.1 Å². The molecule has 8 heteroatoms. The molecule has 3 rings (SSSR count). The van der Waals surface area contributed by atoms with Crippen molar-refractivity contribution in [3.8, 4) is 0 Å². The minimum Gasteiger partial charge on any atom is -0.353 e. The van der Waals surface area contributed by atoms with Gasteiger partial charge in [-0.2, -0.15) is 0 Å². The number of nitrogens with zero attached hydrogens (tertiary/aromatic N) is 4. The summed E-state index contributed by atoms with van der Waals surface area (Å²) >= 11 is 9.25.